The zero-order valence-corrected chi connectivity index (χ0v) is 11.8. The van der Waals surface area contributed by atoms with Gasteiger partial charge in [-0.1, -0.05) is 12.1 Å². The number of nitrogens with one attached hydrogen (secondary N) is 1. The molecule has 3 N–H and O–H groups in total. The minimum Gasteiger partial charge on any atom is -0.494 e. The van der Waals surface area contributed by atoms with E-state index in [1.165, 1.54) is 0 Å². The number of hydrogen-bond donors (Lipinski definition) is 2. The van der Waals surface area contributed by atoms with Crippen molar-refractivity contribution in [2.75, 3.05) is 33.8 Å². The fourth-order valence-electron chi connectivity index (χ4n) is 1.77. The van der Waals surface area contributed by atoms with E-state index in [0.717, 1.165) is 17.9 Å². The van der Waals surface area contributed by atoms with Crippen molar-refractivity contribution in [3.63, 3.8) is 0 Å². The number of amides is 1. The SMILES string of the molecule is CCOc1cccc(C(NCCN(C)C)C(N)=O)c1. The molecule has 1 amide bonds. The summed E-state index contributed by atoms with van der Waals surface area (Å²) in [6.45, 7) is 4.06. The van der Waals surface area contributed by atoms with E-state index in [1.807, 2.05) is 50.2 Å². The lowest BCUT2D eigenvalue weighted by atomic mass is 10.1. The van der Waals surface area contributed by atoms with Crippen molar-refractivity contribution >= 4 is 5.91 Å². The third-order valence-electron chi connectivity index (χ3n) is 2.69. The summed E-state index contributed by atoms with van der Waals surface area (Å²) in [7, 11) is 3.97. The van der Waals surface area contributed by atoms with Gasteiger partial charge in [0, 0.05) is 13.1 Å². The zero-order chi connectivity index (χ0) is 14.3. The maximum Gasteiger partial charge on any atom is 0.239 e. The van der Waals surface area contributed by atoms with Gasteiger partial charge in [0.25, 0.3) is 0 Å². The van der Waals surface area contributed by atoms with Gasteiger partial charge < -0.3 is 20.7 Å². The van der Waals surface area contributed by atoms with E-state index in [4.69, 9.17) is 10.5 Å². The molecule has 0 bridgehead atoms. The van der Waals surface area contributed by atoms with Crippen LogP contribution < -0.4 is 15.8 Å². The van der Waals surface area contributed by atoms with Gasteiger partial charge in [-0.2, -0.15) is 0 Å². The van der Waals surface area contributed by atoms with Gasteiger partial charge in [0.2, 0.25) is 5.91 Å². The number of nitrogens with zero attached hydrogens (tertiary/aromatic N) is 1. The monoisotopic (exact) mass is 265 g/mol. The van der Waals surface area contributed by atoms with Gasteiger partial charge in [0.05, 0.1) is 6.61 Å². The van der Waals surface area contributed by atoms with E-state index in [-0.39, 0.29) is 5.91 Å². The molecule has 0 fully saturated rings. The summed E-state index contributed by atoms with van der Waals surface area (Å²) in [4.78, 5) is 13.6. The Labute approximate surface area is 114 Å². The Balaban J connectivity index is 2.75. The van der Waals surface area contributed by atoms with Crippen molar-refractivity contribution in [2.24, 2.45) is 5.73 Å². The third-order valence-corrected chi connectivity index (χ3v) is 2.69. The van der Waals surface area contributed by atoms with Crippen LogP contribution in [0.15, 0.2) is 24.3 Å². The Morgan fingerprint density at radius 3 is 2.79 bits per heavy atom. The van der Waals surface area contributed by atoms with Crippen molar-refractivity contribution in [2.45, 2.75) is 13.0 Å². The van der Waals surface area contributed by atoms with Crippen LogP contribution in [0.4, 0.5) is 0 Å². The van der Waals surface area contributed by atoms with Gasteiger partial charge in [0.15, 0.2) is 0 Å². The molecule has 1 aromatic rings. The van der Waals surface area contributed by atoms with Crippen molar-refractivity contribution < 1.29 is 9.53 Å². The van der Waals surface area contributed by atoms with E-state index in [9.17, 15) is 4.79 Å². The molecule has 0 aromatic heterocycles. The third kappa shape index (κ3) is 5.28. The minimum absolute atomic E-state index is 0.382. The summed E-state index contributed by atoms with van der Waals surface area (Å²) >= 11 is 0. The van der Waals surface area contributed by atoms with Crippen LogP contribution in [0.5, 0.6) is 5.75 Å². The van der Waals surface area contributed by atoms with Gasteiger partial charge in [-0.15, -0.1) is 0 Å². The normalized spacial score (nSPS) is 12.4. The number of nitrogens with two attached hydrogens (primary N) is 1. The van der Waals surface area contributed by atoms with Gasteiger partial charge >= 0.3 is 0 Å². The summed E-state index contributed by atoms with van der Waals surface area (Å²) in [5.41, 5.74) is 6.28. The number of likely N-dealkylation sites (N-methyl/N-ethyl adjacent to an activating group) is 1. The van der Waals surface area contributed by atoms with Gasteiger partial charge in [-0.05, 0) is 38.7 Å². The Kier molecular flexibility index (Phi) is 6.32. The first kappa shape index (κ1) is 15.5. The van der Waals surface area contributed by atoms with E-state index < -0.39 is 6.04 Å². The lowest BCUT2D eigenvalue weighted by Gasteiger charge is -2.18. The average Bonchev–Trinajstić information content (AvgIpc) is 2.34. The Hall–Kier alpha value is -1.59. The number of benzene rings is 1. The van der Waals surface area contributed by atoms with Crippen LogP contribution in [-0.2, 0) is 4.79 Å². The summed E-state index contributed by atoms with van der Waals surface area (Å²) in [5.74, 6) is 0.369. The largest absolute Gasteiger partial charge is 0.494 e. The van der Waals surface area contributed by atoms with Crippen molar-refractivity contribution in [3.8, 4) is 5.75 Å². The van der Waals surface area contributed by atoms with Gasteiger partial charge in [-0.25, -0.2) is 0 Å². The quantitative estimate of drug-likeness (QED) is 0.728. The molecule has 1 atom stereocenters. The first-order valence-electron chi connectivity index (χ1n) is 6.44. The van der Waals surface area contributed by atoms with Crippen LogP contribution >= 0.6 is 0 Å². The van der Waals surface area contributed by atoms with Crippen LogP contribution in [0, 0.1) is 0 Å². The molecular weight excluding hydrogens is 242 g/mol. The first-order valence-corrected chi connectivity index (χ1v) is 6.44. The molecule has 0 radical (unpaired) electrons. The van der Waals surface area contributed by atoms with Gasteiger partial charge in [0.1, 0.15) is 11.8 Å². The lowest BCUT2D eigenvalue weighted by Crippen LogP contribution is -2.37. The molecule has 0 saturated carbocycles. The van der Waals surface area contributed by atoms with Crippen LogP contribution in [0.1, 0.15) is 18.5 Å². The van der Waals surface area contributed by atoms with E-state index in [0.29, 0.717) is 13.2 Å². The fraction of sp³-hybridized carbons (Fsp3) is 0.500. The van der Waals surface area contributed by atoms with Crippen LogP contribution in [0.2, 0.25) is 0 Å². The molecule has 0 spiro atoms. The van der Waals surface area contributed by atoms with E-state index >= 15 is 0 Å². The molecule has 0 aliphatic heterocycles. The van der Waals surface area contributed by atoms with E-state index in [1.54, 1.807) is 0 Å². The molecule has 0 saturated heterocycles. The number of rotatable bonds is 8. The number of carbonyl (C=O) groups excluding carboxylic acids is 1. The second kappa shape index (κ2) is 7.76. The standard InChI is InChI=1S/C14H23N3O2/c1-4-19-12-7-5-6-11(10-12)13(14(15)18)16-8-9-17(2)3/h5-7,10,13,16H,4,8-9H2,1-3H3,(H2,15,18). The molecule has 0 aliphatic carbocycles. The topological polar surface area (TPSA) is 67.6 Å². The minimum atomic E-state index is -0.486. The second-order valence-electron chi connectivity index (χ2n) is 4.60. The highest BCUT2D eigenvalue weighted by Gasteiger charge is 2.17. The maximum absolute atomic E-state index is 11.6. The molecule has 1 unspecified atom stereocenters. The Morgan fingerprint density at radius 1 is 1.47 bits per heavy atom. The Bertz CT molecular complexity index is 407. The molecule has 1 rings (SSSR count). The molecule has 0 aliphatic rings. The predicted molar refractivity (Wildman–Crippen MR) is 76.1 cm³/mol. The van der Waals surface area contributed by atoms with Crippen LogP contribution in [-0.4, -0.2) is 44.6 Å². The van der Waals surface area contributed by atoms with Crippen molar-refractivity contribution in [1.82, 2.24) is 10.2 Å². The highest BCUT2D eigenvalue weighted by atomic mass is 16.5. The number of hydrogen-bond acceptors (Lipinski definition) is 4. The first-order chi connectivity index (χ1) is 9.04. The highest BCUT2D eigenvalue weighted by molar-refractivity contribution is 5.81. The maximum atomic E-state index is 11.6. The number of primary amides is 1. The molecule has 1 aromatic carbocycles. The van der Waals surface area contributed by atoms with Crippen LogP contribution in [0.3, 0.4) is 0 Å². The molecule has 5 nitrogen and oxygen atoms in total. The smallest absolute Gasteiger partial charge is 0.239 e. The summed E-state index contributed by atoms with van der Waals surface area (Å²) in [6, 6.07) is 6.97. The molecule has 5 heteroatoms. The summed E-state index contributed by atoms with van der Waals surface area (Å²) in [5, 5.41) is 3.16. The number of ether oxygens (including phenoxy) is 1. The van der Waals surface area contributed by atoms with Crippen molar-refractivity contribution in [3.05, 3.63) is 29.8 Å². The average molecular weight is 265 g/mol. The predicted octanol–water partition coefficient (Wildman–Crippen LogP) is 0.763. The Morgan fingerprint density at radius 2 is 2.21 bits per heavy atom. The molecule has 106 valence electrons. The summed E-state index contributed by atoms with van der Waals surface area (Å²) < 4.78 is 5.43. The van der Waals surface area contributed by atoms with Gasteiger partial charge in [-0.3, -0.25) is 4.79 Å². The fourth-order valence-corrected chi connectivity index (χ4v) is 1.77. The van der Waals surface area contributed by atoms with Crippen molar-refractivity contribution in [1.29, 1.82) is 0 Å². The second-order valence-corrected chi connectivity index (χ2v) is 4.60. The van der Waals surface area contributed by atoms with E-state index in [2.05, 4.69) is 5.32 Å². The molecular formula is C14H23N3O2. The molecule has 0 heterocycles. The number of carbonyl (C=O) groups is 1. The van der Waals surface area contributed by atoms with Crippen LogP contribution in [0.25, 0.3) is 0 Å². The lowest BCUT2D eigenvalue weighted by molar-refractivity contribution is -0.120. The molecule has 19 heavy (non-hydrogen) atoms. The highest BCUT2D eigenvalue weighted by Crippen LogP contribution is 2.19. The zero-order valence-electron chi connectivity index (χ0n) is 11.8. The summed E-state index contributed by atoms with van der Waals surface area (Å²) in [6.07, 6.45) is 0.